The number of oxazole rings is 1. The molecule has 62 valence electrons. The molecule has 12 heavy (non-hydrogen) atoms. The fourth-order valence-corrected chi connectivity index (χ4v) is 1.07. The molecule has 2 rings (SSSR count). The summed E-state index contributed by atoms with van der Waals surface area (Å²) in [7, 11) is 0. The van der Waals surface area contributed by atoms with Crippen LogP contribution >= 0.6 is 0 Å². The number of fused-ring (bicyclic) bond motifs is 1. The molecule has 0 saturated heterocycles. The van der Waals surface area contributed by atoms with Gasteiger partial charge in [-0.05, 0) is 18.6 Å². The lowest BCUT2D eigenvalue weighted by molar-refractivity contribution is 0.601. The van der Waals surface area contributed by atoms with E-state index in [9.17, 15) is 4.39 Å². The second kappa shape index (κ2) is 2.20. The molecule has 4 heteroatoms. The number of hydrogen-bond acceptors (Lipinski definition) is 3. The highest BCUT2D eigenvalue weighted by atomic mass is 19.1. The molecule has 0 spiro atoms. The zero-order chi connectivity index (χ0) is 8.72. The van der Waals surface area contributed by atoms with Crippen LogP contribution in [0.4, 0.5) is 10.4 Å². The molecule has 0 bridgehead atoms. The fraction of sp³-hybridized carbons (Fsp3) is 0.125. The van der Waals surface area contributed by atoms with E-state index in [0.29, 0.717) is 16.7 Å². The van der Waals surface area contributed by atoms with Gasteiger partial charge < -0.3 is 10.2 Å². The first-order valence-corrected chi connectivity index (χ1v) is 3.49. The van der Waals surface area contributed by atoms with Crippen molar-refractivity contribution in [2.45, 2.75) is 6.92 Å². The van der Waals surface area contributed by atoms with Gasteiger partial charge in [0.15, 0.2) is 5.58 Å². The van der Waals surface area contributed by atoms with Gasteiger partial charge in [-0.3, -0.25) is 0 Å². The molecule has 1 heterocycles. The Morgan fingerprint density at radius 3 is 3.00 bits per heavy atom. The van der Waals surface area contributed by atoms with E-state index in [0.717, 1.165) is 0 Å². The van der Waals surface area contributed by atoms with Crippen molar-refractivity contribution >= 4 is 17.1 Å². The van der Waals surface area contributed by atoms with Crippen LogP contribution in [0.15, 0.2) is 16.5 Å². The zero-order valence-electron chi connectivity index (χ0n) is 6.47. The fourth-order valence-electron chi connectivity index (χ4n) is 1.07. The summed E-state index contributed by atoms with van der Waals surface area (Å²) in [6.07, 6.45) is 0. The summed E-state index contributed by atoms with van der Waals surface area (Å²) in [4.78, 5) is 3.86. The van der Waals surface area contributed by atoms with Gasteiger partial charge in [-0.1, -0.05) is 0 Å². The van der Waals surface area contributed by atoms with Crippen molar-refractivity contribution in [2.24, 2.45) is 0 Å². The molecule has 0 fully saturated rings. The second-order valence-electron chi connectivity index (χ2n) is 2.62. The molecular formula is C8H7FN2O. The summed E-state index contributed by atoms with van der Waals surface area (Å²) in [6.45, 7) is 1.67. The average molecular weight is 166 g/mol. The van der Waals surface area contributed by atoms with E-state index in [1.165, 1.54) is 6.07 Å². The molecule has 0 aliphatic carbocycles. The third-order valence-electron chi connectivity index (χ3n) is 1.69. The van der Waals surface area contributed by atoms with Crippen LogP contribution in [0, 0.1) is 12.7 Å². The average Bonchev–Trinajstić information content (AvgIpc) is 2.30. The van der Waals surface area contributed by atoms with Crippen molar-refractivity contribution in [3.63, 3.8) is 0 Å². The van der Waals surface area contributed by atoms with Crippen molar-refractivity contribution in [1.82, 2.24) is 4.98 Å². The summed E-state index contributed by atoms with van der Waals surface area (Å²) >= 11 is 0. The predicted molar refractivity (Wildman–Crippen MR) is 43.1 cm³/mol. The minimum atomic E-state index is -0.307. The standard InChI is InChI=1S/C8H7FN2O/c1-4-2-6-7(3-5(4)9)12-8(10)11-6/h2-3H,1H3,(H2,10,11). The Morgan fingerprint density at radius 1 is 1.50 bits per heavy atom. The first-order chi connectivity index (χ1) is 5.66. The number of anilines is 1. The highest BCUT2D eigenvalue weighted by molar-refractivity contribution is 5.75. The zero-order valence-corrected chi connectivity index (χ0v) is 6.47. The summed E-state index contributed by atoms with van der Waals surface area (Å²) in [5.41, 5.74) is 6.80. The molecular weight excluding hydrogens is 159 g/mol. The SMILES string of the molecule is Cc1cc2nc(N)oc2cc1F. The summed E-state index contributed by atoms with van der Waals surface area (Å²) in [5.74, 6) is -0.307. The highest BCUT2D eigenvalue weighted by Crippen LogP contribution is 2.20. The molecule has 1 aromatic carbocycles. The quantitative estimate of drug-likeness (QED) is 0.649. The van der Waals surface area contributed by atoms with E-state index in [4.69, 9.17) is 10.2 Å². The lowest BCUT2D eigenvalue weighted by atomic mass is 10.2. The Kier molecular flexibility index (Phi) is 1.30. The van der Waals surface area contributed by atoms with Crippen LogP contribution in [-0.2, 0) is 0 Å². The molecule has 0 aliphatic heterocycles. The van der Waals surface area contributed by atoms with Crippen LogP contribution in [0.3, 0.4) is 0 Å². The van der Waals surface area contributed by atoms with E-state index >= 15 is 0 Å². The summed E-state index contributed by atoms with van der Waals surface area (Å²) < 4.78 is 17.9. The van der Waals surface area contributed by atoms with Crippen LogP contribution in [0.2, 0.25) is 0 Å². The van der Waals surface area contributed by atoms with Gasteiger partial charge in [0.1, 0.15) is 11.3 Å². The van der Waals surface area contributed by atoms with Gasteiger partial charge >= 0.3 is 0 Å². The highest BCUT2D eigenvalue weighted by Gasteiger charge is 2.05. The second-order valence-corrected chi connectivity index (χ2v) is 2.62. The molecule has 0 atom stereocenters. The van der Waals surface area contributed by atoms with Crippen molar-refractivity contribution in [1.29, 1.82) is 0 Å². The van der Waals surface area contributed by atoms with Crippen LogP contribution < -0.4 is 5.73 Å². The summed E-state index contributed by atoms with van der Waals surface area (Å²) in [5, 5.41) is 0. The number of benzene rings is 1. The number of nitrogens with zero attached hydrogens (tertiary/aromatic N) is 1. The predicted octanol–water partition coefficient (Wildman–Crippen LogP) is 1.86. The molecule has 1 aromatic heterocycles. The van der Waals surface area contributed by atoms with Gasteiger partial charge in [0.25, 0.3) is 6.01 Å². The van der Waals surface area contributed by atoms with Gasteiger partial charge in [0.05, 0.1) is 0 Å². The Labute approximate surface area is 68.0 Å². The third-order valence-corrected chi connectivity index (χ3v) is 1.69. The topological polar surface area (TPSA) is 52.0 Å². The van der Waals surface area contributed by atoms with Crippen LogP contribution in [0.5, 0.6) is 0 Å². The number of hydrogen-bond donors (Lipinski definition) is 1. The van der Waals surface area contributed by atoms with E-state index in [-0.39, 0.29) is 11.8 Å². The Morgan fingerprint density at radius 2 is 2.25 bits per heavy atom. The molecule has 0 unspecified atom stereocenters. The van der Waals surface area contributed by atoms with Crippen molar-refractivity contribution in [2.75, 3.05) is 5.73 Å². The van der Waals surface area contributed by atoms with E-state index in [2.05, 4.69) is 4.98 Å². The molecule has 0 amide bonds. The largest absolute Gasteiger partial charge is 0.424 e. The number of halogens is 1. The maximum Gasteiger partial charge on any atom is 0.292 e. The van der Waals surface area contributed by atoms with Crippen LogP contribution in [-0.4, -0.2) is 4.98 Å². The molecule has 0 aliphatic rings. The monoisotopic (exact) mass is 166 g/mol. The Bertz CT molecular complexity index is 397. The van der Waals surface area contributed by atoms with E-state index in [1.807, 2.05) is 0 Å². The summed E-state index contributed by atoms with van der Waals surface area (Å²) in [6, 6.07) is 2.95. The Hall–Kier alpha value is -1.58. The van der Waals surface area contributed by atoms with Crippen molar-refractivity contribution in [3.05, 3.63) is 23.5 Å². The van der Waals surface area contributed by atoms with E-state index < -0.39 is 0 Å². The van der Waals surface area contributed by atoms with E-state index in [1.54, 1.807) is 13.0 Å². The van der Waals surface area contributed by atoms with Gasteiger partial charge in [-0.15, -0.1) is 0 Å². The first kappa shape index (κ1) is 7.09. The lowest BCUT2D eigenvalue weighted by Crippen LogP contribution is -1.82. The number of nitrogen functional groups attached to an aromatic ring is 1. The number of nitrogens with two attached hydrogens (primary N) is 1. The number of aryl methyl sites for hydroxylation is 1. The molecule has 0 saturated carbocycles. The number of rotatable bonds is 0. The van der Waals surface area contributed by atoms with Crippen molar-refractivity contribution in [3.8, 4) is 0 Å². The normalized spacial score (nSPS) is 10.8. The Balaban J connectivity index is 2.83. The van der Waals surface area contributed by atoms with Gasteiger partial charge in [-0.2, -0.15) is 4.98 Å². The minimum Gasteiger partial charge on any atom is -0.424 e. The smallest absolute Gasteiger partial charge is 0.292 e. The van der Waals surface area contributed by atoms with Crippen molar-refractivity contribution < 1.29 is 8.81 Å². The van der Waals surface area contributed by atoms with Crippen LogP contribution in [0.25, 0.3) is 11.1 Å². The van der Waals surface area contributed by atoms with Crippen LogP contribution in [0.1, 0.15) is 5.56 Å². The van der Waals surface area contributed by atoms with Gasteiger partial charge in [0.2, 0.25) is 0 Å². The maximum absolute atomic E-state index is 12.9. The molecule has 3 nitrogen and oxygen atoms in total. The maximum atomic E-state index is 12.9. The molecule has 2 aromatic rings. The van der Waals surface area contributed by atoms with Gasteiger partial charge in [-0.25, -0.2) is 4.39 Å². The third kappa shape index (κ3) is 0.922. The molecule has 0 radical (unpaired) electrons. The lowest BCUT2D eigenvalue weighted by Gasteiger charge is -1.92. The van der Waals surface area contributed by atoms with Gasteiger partial charge in [0, 0.05) is 6.07 Å². The molecule has 2 N–H and O–H groups in total. The minimum absolute atomic E-state index is 0.0648. The number of aromatic nitrogens is 1. The first-order valence-electron chi connectivity index (χ1n) is 3.49.